The van der Waals surface area contributed by atoms with Crippen molar-refractivity contribution in [2.75, 3.05) is 5.32 Å². The fourth-order valence-electron chi connectivity index (χ4n) is 2.35. The largest absolute Gasteiger partial charge is 0.339 e. The zero-order chi connectivity index (χ0) is 18.4. The maximum atomic E-state index is 12.0. The summed E-state index contributed by atoms with van der Waals surface area (Å²) in [7, 11) is 0. The molecule has 0 unspecified atom stereocenters. The molecule has 0 bridgehead atoms. The van der Waals surface area contributed by atoms with Crippen LogP contribution in [0.5, 0.6) is 0 Å². The topological polar surface area (TPSA) is 58.4 Å². The van der Waals surface area contributed by atoms with E-state index < -0.39 is 6.03 Å². The Balaban J connectivity index is 1.82. The van der Waals surface area contributed by atoms with Crippen molar-refractivity contribution in [1.29, 1.82) is 0 Å². The standard InChI is InChI=1S/C19H17ClN4OS/c1-2-12-24-17(14-8-10-15(20)11-9-14)13-26-19(24)23-22-18(25)21-16-6-4-3-5-7-16/h2-11,13H,1,12H2,(H2,21,22,25)/b23-19-. The molecular formula is C19H17ClN4OS. The van der Waals surface area contributed by atoms with Crippen LogP contribution in [0.2, 0.25) is 5.02 Å². The van der Waals surface area contributed by atoms with Crippen LogP contribution < -0.4 is 15.5 Å². The summed E-state index contributed by atoms with van der Waals surface area (Å²) in [5.41, 5.74) is 5.23. The van der Waals surface area contributed by atoms with Crippen molar-refractivity contribution < 1.29 is 4.79 Å². The van der Waals surface area contributed by atoms with E-state index in [-0.39, 0.29) is 0 Å². The minimum Gasteiger partial charge on any atom is -0.311 e. The number of hydrogen-bond donors (Lipinski definition) is 2. The molecule has 0 aliphatic heterocycles. The Morgan fingerprint density at radius 1 is 1.19 bits per heavy atom. The molecule has 0 saturated carbocycles. The first kappa shape index (κ1) is 18.0. The van der Waals surface area contributed by atoms with Gasteiger partial charge in [-0.3, -0.25) is 0 Å². The molecule has 0 aliphatic rings. The summed E-state index contributed by atoms with van der Waals surface area (Å²) in [6, 6.07) is 16.4. The Hall–Kier alpha value is -2.83. The number of carbonyl (C=O) groups excluding carboxylic acids is 1. The van der Waals surface area contributed by atoms with E-state index in [2.05, 4.69) is 22.4 Å². The maximum absolute atomic E-state index is 12.0. The molecule has 3 rings (SSSR count). The quantitative estimate of drug-likeness (QED) is 0.486. The molecule has 0 aliphatic carbocycles. The lowest BCUT2D eigenvalue weighted by Crippen LogP contribution is -2.28. The summed E-state index contributed by atoms with van der Waals surface area (Å²) in [6.07, 6.45) is 1.79. The van der Waals surface area contributed by atoms with Gasteiger partial charge >= 0.3 is 6.03 Å². The Kier molecular flexibility index (Phi) is 5.88. The average Bonchev–Trinajstić information content (AvgIpc) is 3.05. The van der Waals surface area contributed by atoms with Gasteiger partial charge in [-0.2, -0.15) is 0 Å². The van der Waals surface area contributed by atoms with Crippen molar-refractivity contribution in [1.82, 2.24) is 9.99 Å². The van der Waals surface area contributed by atoms with Gasteiger partial charge in [0.2, 0.25) is 4.80 Å². The van der Waals surface area contributed by atoms with Crippen molar-refractivity contribution in [3.8, 4) is 11.3 Å². The number of anilines is 1. The number of carbonyl (C=O) groups is 1. The Labute approximate surface area is 160 Å². The van der Waals surface area contributed by atoms with Crippen LogP contribution >= 0.6 is 22.9 Å². The minimum absolute atomic E-state index is 0.400. The van der Waals surface area contributed by atoms with E-state index in [1.807, 2.05) is 52.4 Å². The van der Waals surface area contributed by atoms with Gasteiger partial charge < -0.3 is 9.88 Å². The number of hydrogen-bond acceptors (Lipinski definition) is 3. The summed E-state index contributed by atoms with van der Waals surface area (Å²) in [6.45, 7) is 4.37. The van der Waals surface area contributed by atoms with E-state index in [4.69, 9.17) is 11.6 Å². The molecular weight excluding hydrogens is 368 g/mol. The highest BCUT2D eigenvalue weighted by atomic mass is 35.5. The Bertz CT molecular complexity index is 961. The van der Waals surface area contributed by atoms with Crippen molar-refractivity contribution in [2.45, 2.75) is 6.54 Å². The lowest BCUT2D eigenvalue weighted by molar-refractivity contribution is 0.252. The molecule has 0 spiro atoms. The molecule has 132 valence electrons. The van der Waals surface area contributed by atoms with Gasteiger partial charge in [0.15, 0.2) is 0 Å². The van der Waals surface area contributed by atoms with Crippen molar-refractivity contribution in [2.24, 2.45) is 5.10 Å². The lowest BCUT2D eigenvalue weighted by Gasteiger charge is -2.07. The van der Waals surface area contributed by atoms with Crippen molar-refractivity contribution >= 4 is 34.7 Å². The van der Waals surface area contributed by atoms with Gasteiger partial charge in [0.25, 0.3) is 0 Å². The van der Waals surface area contributed by atoms with Gasteiger partial charge in [0, 0.05) is 22.6 Å². The van der Waals surface area contributed by atoms with Crippen LogP contribution in [0.3, 0.4) is 0 Å². The van der Waals surface area contributed by atoms with E-state index >= 15 is 0 Å². The van der Waals surface area contributed by atoms with Gasteiger partial charge in [0.1, 0.15) is 0 Å². The van der Waals surface area contributed by atoms with Crippen LogP contribution in [0.1, 0.15) is 0 Å². The predicted molar refractivity (Wildman–Crippen MR) is 107 cm³/mol. The number of aromatic nitrogens is 1. The molecule has 1 aromatic heterocycles. The zero-order valence-corrected chi connectivity index (χ0v) is 15.4. The number of rotatable bonds is 5. The highest BCUT2D eigenvalue weighted by molar-refractivity contribution is 7.07. The Morgan fingerprint density at radius 2 is 1.92 bits per heavy atom. The van der Waals surface area contributed by atoms with Crippen LogP contribution in [0, 0.1) is 0 Å². The fraction of sp³-hybridized carbons (Fsp3) is 0.0526. The summed E-state index contributed by atoms with van der Waals surface area (Å²) < 4.78 is 1.98. The zero-order valence-electron chi connectivity index (χ0n) is 13.9. The molecule has 2 aromatic carbocycles. The van der Waals surface area contributed by atoms with E-state index in [1.165, 1.54) is 11.3 Å². The second-order valence-corrected chi connectivity index (χ2v) is 6.63. The van der Waals surface area contributed by atoms with Crippen molar-refractivity contribution in [3.05, 3.63) is 82.5 Å². The summed E-state index contributed by atoms with van der Waals surface area (Å²) in [5, 5.41) is 9.63. The highest BCUT2D eigenvalue weighted by Crippen LogP contribution is 2.22. The van der Waals surface area contributed by atoms with Crippen LogP contribution in [0.15, 0.2) is 77.7 Å². The number of allylic oxidation sites excluding steroid dienone is 1. The predicted octanol–water partition coefficient (Wildman–Crippen LogP) is 4.69. The first-order chi connectivity index (χ1) is 12.7. The molecule has 7 heteroatoms. The smallest absolute Gasteiger partial charge is 0.311 e. The van der Waals surface area contributed by atoms with Gasteiger partial charge in [-0.15, -0.1) is 23.0 Å². The molecule has 0 saturated heterocycles. The number of para-hydroxylation sites is 1. The van der Waals surface area contributed by atoms with Gasteiger partial charge in [0.05, 0.1) is 5.69 Å². The number of nitrogens with zero attached hydrogens (tertiary/aromatic N) is 2. The Morgan fingerprint density at radius 3 is 2.62 bits per heavy atom. The maximum Gasteiger partial charge on any atom is 0.339 e. The van der Waals surface area contributed by atoms with Crippen LogP contribution in [0.4, 0.5) is 10.5 Å². The molecule has 5 nitrogen and oxygen atoms in total. The first-order valence-corrected chi connectivity index (χ1v) is 9.14. The molecule has 0 radical (unpaired) electrons. The van der Waals surface area contributed by atoms with E-state index in [0.717, 1.165) is 11.3 Å². The summed E-state index contributed by atoms with van der Waals surface area (Å²) >= 11 is 7.40. The third-order valence-electron chi connectivity index (χ3n) is 3.53. The molecule has 1 heterocycles. The first-order valence-electron chi connectivity index (χ1n) is 7.88. The number of thiazole rings is 1. The van der Waals surface area contributed by atoms with Crippen LogP contribution in [-0.2, 0) is 6.54 Å². The normalized spacial score (nSPS) is 11.2. The highest BCUT2D eigenvalue weighted by Gasteiger charge is 2.08. The van der Waals surface area contributed by atoms with Gasteiger partial charge in [-0.25, -0.2) is 10.2 Å². The van der Waals surface area contributed by atoms with E-state index in [9.17, 15) is 4.79 Å². The molecule has 2 amide bonds. The third kappa shape index (κ3) is 4.41. The minimum atomic E-state index is -0.400. The SMILES string of the molecule is C=CCn1c(-c2ccc(Cl)cc2)cs/c1=N\NC(=O)Nc1ccccc1. The molecule has 26 heavy (non-hydrogen) atoms. The number of nitrogens with one attached hydrogen (secondary N) is 2. The molecule has 0 atom stereocenters. The molecule has 2 N–H and O–H groups in total. The van der Waals surface area contributed by atoms with Crippen LogP contribution in [-0.4, -0.2) is 10.6 Å². The number of halogens is 1. The average molecular weight is 385 g/mol. The third-order valence-corrected chi connectivity index (χ3v) is 4.65. The number of amides is 2. The summed E-state index contributed by atoms with van der Waals surface area (Å²) in [5.74, 6) is 0. The fourth-order valence-corrected chi connectivity index (χ4v) is 3.36. The lowest BCUT2D eigenvalue weighted by atomic mass is 10.2. The number of urea groups is 1. The molecule has 3 aromatic rings. The molecule has 0 fully saturated rings. The van der Waals surface area contributed by atoms with Crippen LogP contribution in [0.25, 0.3) is 11.3 Å². The van der Waals surface area contributed by atoms with Gasteiger partial charge in [-0.05, 0) is 29.8 Å². The van der Waals surface area contributed by atoms with E-state index in [0.29, 0.717) is 22.1 Å². The summed E-state index contributed by atoms with van der Waals surface area (Å²) in [4.78, 5) is 12.7. The van der Waals surface area contributed by atoms with Crippen molar-refractivity contribution in [3.63, 3.8) is 0 Å². The second kappa shape index (κ2) is 8.51. The van der Waals surface area contributed by atoms with Gasteiger partial charge in [-0.1, -0.05) is 48.0 Å². The monoisotopic (exact) mass is 384 g/mol. The number of benzene rings is 2. The second-order valence-electron chi connectivity index (χ2n) is 5.35. The van der Waals surface area contributed by atoms with E-state index in [1.54, 1.807) is 18.2 Å².